The Bertz CT molecular complexity index is 593. The lowest BCUT2D eigenvalue weighted by molar-refractivity contribution is 0.288. The van der Waals surface area contributed by atoms with E-state index in [2.05, 4.69) is 33.5 Å². The molecule has 2 N–H and O–H groups in total. The van der Waals surface area contributed by atoms with Gasteiger partial charge in [-0.1, -0.05) is 13.8 Å². The number of anilines is 1. The normalized spacial score (nSPS) is 22.5. The second kappa shape index (κ2) is 8.71. The zero-order chi connectivity index (χ0) is 18.5. The third-order valence-electron chi connectivity index (χ3n) is 5.30. The minimum atomic E-state index is -0.192. The van der Waals surface area contributed by atoms with Crippen LogP contribution in [-0.4, -0.2) is 68.1 Å². The maximum absolute atomic E-state index is 13.1. The number of hydrogen-bond donors (Lipinski definition) is 1. The van der Waals surface area contributed by atoms with Gasteiger partial charge in [-0.2, -0.15) is 0 Å². The maximum Gasteiger partial charge on any atom is 0.191 e. The summed E-state index contributed by atoms with van der Waals surface area (Å²) in [7, 11) is 0. The summed E-state index contributed by atoms with van der Waals surface area (Å²) < 4.78 is 13.1. The van der Waals surface area contributed by atoms with E-state index in [1.54, 1.807) is 0 Å². The number of nitrogens with two attached hydrogens (primary N) is 1. The van der Waals surface area contributed by atoms with Crippen LogP contribution < -0.4 is 10.6 Å². The van der Waals surface area contributed by atoms with Crippen molar-refractivity contribution in [2.45, 2.75) is 20.3 Å². The third kappa shape index (κ3) is 5.10. The van der Waals surface area contributed by atoms with E-state index in [9.17, 15) is 4.39 Å². The molecule has 0 aromatic heterocycles. The van der Waals surface area contributed by atoms with Crippen LogP contribution in [0.15, 0.2) is 29.3 Å². The zero-order valence-electron chi connectivity index (χ0n) is 16.1. The van der Waals surface area contributed by atoms with Crippen molar-refractivity contribution in [3.05, 3.63) is 30.1 Å². The van der Waals surface area contributed by atoms with Gasteiger partial charge in [-0.05, 0) is 49.1 Å². The SMILES string of the molecule is CC(C)CN1CCC(CN=C(N)N2CCN(c3ccc(F)cc3)CC2)C1. The van der Waals surface area contributed by atoms with Gasteiger partial charge in [0.2, 0.25) is 0 Å². The molecular weight excluding hydrogens is 329 g/mol. The quantitative estimate of drug-likeness (QED) is 0.645. The van der Waals surface area contributed by atoms with Gasteiger partial charge in [0, 0.05) is 51.5 Å². The Kier molecular flexibility index (Phi) is 6.35. The molecule has 1 atom stereocenters. The van der Waals surface area contributed by atoms with Gasteiger partial charge in [0.15, 0.2) is 5.96 Å². The van der Waals surface area contributed by atoms with Crippen LogP contribution >= 0.6 is 0 Å². The number of aliphatic imine (C=N–C) groups is 1. The first kappa shape index (κ1) is 19.0. The lowest BCUT2D eigenvalue weighted by Crippen LogP contribution is -2.51. The lowest BCUT2D eigenvalue weighted by Gasteiger charge is -2.36. The van der Waals surface area contributed by atoms with E-state index in [-0.39, 0.29) is 5.82 Å². The van der Waals surface area contributed by atoms with Crippen molar-refractivity contribution in [1.82, 2.24) is 9.80 Å². The number of piperazine rings is 1. The molecule has 144 valence electrons. The summed E-state index contributed by atoms with van der Waals surface area (Å²) in [6, 6.07) is 6.71. The highest BCUT2D eigenvalue weighted by molar-refractivity contribution is 5.78. The summed E-state index contributed by atoms with van der Waals surface area (Å²) in [5, 5.41) is 0. The van der Waals surface area contributed by atoms with E-state index in [1.165, 1.54) is 31.6 Å². The first-order valence-corrected chi connectivity index (χ1v) is 9.79. The molecule has 5 nitrogen and oxygen atoms in total. The Morgan fingerprint density at radius 2 is 1.85 bits per heavy atom. The molecule has 1 unspecified atom stereocenters. The number of nitrogens with zero attached hydrogens (tertiary/aromatic N) is 4. The van der Waals surface area contributed by atoms with Crippen molar-refractivity contribution >= 4 is 11.6 Å². The zero-order valence-corrected chi connectivity index (χ0v) is 16.1. The molecular formula is C20H32FN5. The molecule has 0 aliphatic carbocycles. The Balaban J connectivity index is 1.44. The number of rotatable bonds is 5. The van der Waals surface area contributed by atoms with E-state index in [1.807, 2.05) is 12.1 Å². The lowest BCUT2D eigenvalue weighted by atomic mass is 10.1. The van der Waals surface area contributed by atoms with Gasteiger partial charge < -0.3 is 20.4 Å². The highest BCUT2D eigenvalue weighted by Gasteiger charge is 2.23. The predicted molar refractivity (Wildman–Crippen MR) is 106 cm³/mol. The number of benzene rings is 1. The van der Waals surface area contributed by atoms with E-state index in [4.69, 9.17) is 5.73 Å². The summed E-state index contributed by atoms with van der Waals surface area (Å²) in [5.74, 6) is 1.83. The first-order chi connectivity index (χ1) is 12.5. The van der Waals surface area contributed by atoms with E-state index in [0.29, 0.717) is 11.9 Å². The summed E-state index contributed by atoms with van der Waals surface area (Å²) in [5.41, 5.74) is 7.31. The molecule has 3 rings (SSSR count). The fourth-order valence-corrected chi connectivity index (χ4v) is 3.91. The highest BCUT2D eigenvalue weighted by atomic mass is 19.1. The highest BCUT2D eigenvalue weighted by Crippen LogP contribution is 2.19. The Hall–Kier alpha value is -1.82. The largest absolute Gasteiger partial charge is 0.370 e. The Morgan fingerprint density at radius 1 is 1.15 bits per heavy atom. The fraction of sp³-hybridized carbons (Fsp3) is 0.650. The molecule has 0 amide bonds. The first-order valence-electron chi connectivity index (χ1n) is 9.79. The van der Waals surface area contributed by atoms with Crippen LogP contribution in [0, 0.1) is 17.7 Å². The minimum absolute atomic E-state index is 0.192. The molecule has 26 heavy (non-hydrogen) atoms. The number of likely N-dealkylation sites (tertiary alicyclic amines) is 1. The van der Waals surface area contributed by atoms with Crippen molar-refractivity contribution in [2.75, 3.05) is 57.3 Å². The molecule has 0 spiro atoms. The van der Waals surface area contributed by atoms with Gasteiger partial charge in [-0.15, -0.1) is 0 Å². The van der Waals surface area contributed by atoms with Gasteiger partial charge in [0.25, 0.3) is 0 Å². The van der Waals surface area contributed by atoms with Crippen molar-refractivity contribution in [3.63, 3.8) is 0 Å². The molecule has 2 heterocycles. The molecule has 1 aromatic carbocycles. The second-order valence-electron chi connectivity index (χ2n) is 7.96. The maximum atomic E-state index is 13.1. The topological polar surface area (TPSA) is 48.1 Å². The third-order valence-corrected chi connectivity index (χ3v) is 5.30. The van der Waals surface area contributed by atoms with Gasteiger partial charge in [0.05, 0.1) is 0 Å². The van der Waals surface area contributed by atoms with Crippen LogP contribution in [-0.2, 0) is 0 Å². The summed E-state index contributed by atoms with van der Waals surface area (Å²) >= 11 is 0. The Morgan fingerprint density at radius 3 is 2.50 bits per heavy atom. The predicted octanol–water partition coefficient (Wildman–Crippen LogP) is 2.24. The summed E-state index contributed by atoms with van der Waals surface area (Å²) in [6.07, 6.45) is 1.22. The molecule has 0 radical (unpaired) electrons. The molecule has 0 bridgehead atoms. The molecule has 2 aliphatic heterocycles. The summed E-state index contributed by atoms with van der Waals surface area (Å²) in [4.78, 5) is 11.7. The van der Waals surface area contributed by atoms with Crippen LogP contribution in [0.5, 0.6) is 0 Å². The minimum Gasteiger partial charge on any atom is -0.370 e. The van der Waals surface area contributed by atoms with E-state index < -0.39 is 0 Å². The monoisotopic (exact) mass is 361 g/mol. The van der Waals surface area contributed by atoms with Crippen molar-refractivity contribution < 1.29 is 4.39 Å². The standard InChI is InChI=1S/C20H32FN5/c1-16(2)14-24-8-7-17(15-24)13-23-20(22)26-11-9-25(10-12-26)19-5-3-18(21)4-6-19/h3-6,16-17H,7-15H2,1-2H3,(H2,22,23). The number of guanidine groups is 1. The van der Waals surface area contributed by atoms with Gasteiger partial charge in [0.1, 0.15) is 5.82 Å². The smallest absolute Gasteiger partial charge is 0.191 e. The van der Waals surface area contributed by atoms with Crippen LogP contribution in [0.1, 0.15) is 20.3 Å². The summed E-state index contributed by atoms with van der Waals surface area (Å²) in [6.45, 7) is 12.4. The molecule has 2 fully saturated rings. The van der Waals surface area contributed by atoms with Crippen molar-refractivity contribution in [1.29, 1.82) is 0 Å². The van der Waals surface area contributed by atoms with E-state index in [0.717, 1.165) is 50.9 Å². The van der Waals surface area contributed by atoms with E-state index >= 15 is 0 Å². The van der Waals surface area contributed by atoms with Crippen LogP contribution in [0.2, 0.25) is 0 Å². The van der Waals surface area contributed by atoms with Crippen LogP contribution in [0.3, 0.4) is 0 Å². The average molecular weight is 362 g/mol. The number of hydrogen-bond acceptors (Lipinski definition) is 3. The molecule has 2 saturated heterocycles. The van der Waals surface area contributed by atoms with Gasteiger partial charge in [-0.25, -0.2) is 4.39 Å². The number of halogens is 1. The van der Waals surface area contributed by atoms with Gasteiger partial charge >= 0.3 is 0 Å². The molecule has 1 aromatic rings. The fourth-order valence-electron chi connectivity index (χ4n) is 3.91. The average Bonchev–Trinajstić information content (AvgIpc) is 3.07. The van der Waals surface area contributed by atoms with Gasteiger partial charge in [-0.3, -0.25) is 4.99 Å². The van der Waals surface area contributed by atoms with Crippen LogP contribution in [0.25, 0.3) is 0 Å². The molecule has 2 aliphatic rings. The Labute approximate surface area is 156 Å². The van der Waals surface area contributed by atoms with Crippen molar-refractivity contribution in [3.8, 4) is 0 Å². The molecule has 6 heteroatoms. The van der Waals surface area contributed by atoms with Crippen molar-refractivity contribution in [2.24, 2.45) is 22.6 Å². The second-order valence-corrected chi connectivity index (χ2v) is 7.96. The molecule has 0 saturated carbocycles. The van der Waals surface area contributed by atoms with Crippen LogP contribution in [0.4, 0.5) is 10.1 Å².